The summed E-state index contributed by atoms with van der Waals surface area (Å²) < 4.78 is 5.52. The van der Waals surface area contributed by atoms with Gasteiger partial charge in [0.25, 0.3) is 5.22 Å². The summed E-state index contributed by atoms with van der Waals surface area (Å²) in [5, 5.41) is 8.25. The number of hydrogen-bond donors (Lipinski definition) is 0. The van der Waals surface area contributed by atoms with E-state index in [-0.39, 0.29) is 11.2 Å². The smallest absolute Gasteiger partial charge is 0.277 e. The van der Waals surface area contributed by atoms with E-state index >= 15 is 0 Å². The van der Waals surface area contributed by atoms with Crippen molar-refractivity contribution in [3.63, 3.8) is 0 Å². The molecule has 1 saturated carbocycles. The van der Waals surface area contributed by atoms with Gasteiger partial charge in [0.15, 0.2) is 0 Å². The largest absolute Gasteiger partial charge is 0.415 e. The van der Waals surface area contributed by atoms with Gasteiger partial charge in [-0.05, 0) is 26.0 Å². The average molecular weight is 329 g/mol. The highest BCUT2D eigenvalue weighted by atomic mass is 32.2. The van der Waals surface area contributed by atoms with Gasteiger partial charge in [-0.1, -0.05) is 31.0 Å². The molecule has 0 saturated heterocycles. The fourth-order valence-electron chi connectivity index (χ4n) is 2.60. The third-order valence-electron chi connectivity index (χ3n) is 3.81. The lowest BCUT2D eigenvalue weighted by Gasteiger charge is -2.32. The molecule has 1 unspecified atom stereocenters. The molecule has 0 radical (unpaired) electrons. The minimum Gasteiger partial charge on any atom is -0.415 e. The van der Waals surface area contributed by atoms with Crippen molar-refractivity contribution >= 4 is 29.4 Å². The molecule has 1 fully saturated rings. The molecule has 0 aliphatic heterocycles. The first-order chi connectivity index (χ1) is 10.1. The van der Waals surface area contributed by atoms with Crippen molar-refractivity contribution in [2.24, 2.45) is 0 Å². The summed E-state index contributed by atoms with van der Waals surface area (Å²) in [6.45, 7) is 1.91. The zero-order valence-electron chi connectivity index (χ0n) is 12.9. The molecule has 0 spiro atoms. The van der Waals surface area contributed by atoms with Gasteiger partial charge >= 0.3 is 0 Å². The molecule has 1 aromatic heterocycles. The van der Waals surface area contributed by atoms with E-state index in [0.29, 0.717) is 22.9 Å². The van der Waals surface area contributed by atoms with Crippen LogP contribution in [0.25, 0.3) is 0 Å². The third-order valence-corrected chi connectivity index (χ3v) is 5.27. The summed E-state index contributed by atoms with van der Waals surface area (Å²) >= 11 is 2.99. The van der Waals surface area contributed by atoms with Crippen LogP contribution in [0, 0.1) is 0 Å². The number of carbonyl (C=O) groups excluding carboxylic acids is 1. The Balaban J connectivity index is 1.88. The second-order valence-corrected chi connectivity index (χ2v) is 7.55. The fourth-order valence-corrected chi connectivity index (χ4v) is 3.77. The van der Waals surface area contributed by atoms with Crippen LogP contribution < -0.4 is 0 Å². The monoisotopic (exact) mass is 329 g/mol. The standard InChI is InChI=1S/C14H23N3O2S2/c1-10(21-14-16-15-12(19-14)9-20-3)13(18)17(2)11-7-5-4-6-8-11/h10-11H,4-9H2,1-3H3. The van der Waals surface area contributed by atoms with Crippen LogP contribution in [-0.4, -0.2) is 45.6 Å². The zero-order chi connectivity index (χ0) is 15.2. The van der Waals surface area contributed by atoms with Gasteiger partial charge in [0.1, 0.15) is 0 Å². The van der Waals surface area contributed by atoms with Crippen LogP contribution in [0.15, 0.2) is 9.64 Å². The Morgan fingerprint density at radius 1 is 1.38 bits per heavy atom. The zero-order valence-corrected chi connectivity index (χ0v) is 14.5. The van der Waals surface area contributed by atoms with E-state index in [0.717, 1.165) is 12.8 Å². The molecule has 5 nitrogen and oxygen atoms in total. The van der Waals surface area contributed by atoms with Crippen molar-refractivity contribution in [3.05, 3.63) is 5.89 Å². The molecule has 2 rings (SSSR count). The van der Waals surface area contributed by atoms with E-state index in [1.54, 1.807) is 11.8 Å². The maximum absolute atomic E-state index is 12.5. The SMILES string of the molecule is CSCc1nnc(SC(C)C(=O)N(C)C2CCCCC2)o1. The Morgan fingerprint density at radius 2 is 2.10 bits per heavy atom. The summed E-state index contributed by atoms with van der Waals surface area (Å²) in [4.78, 5) is 14.4. The third kappa shape index (κ3) is 4.64. The highest BCUT2D eigenvalue weighted by molar-refractivity contribution is 8.00. The van der Waals surface area contributed by atoms with Crippen LogP contribution in [0.5, 0.6) is 0 Å². The highest BCUT2D eigenvalue weighted by Gasteiger charge is 2.27. The predicted octanol–water partition coefficient (Wildman–Crippen LogP) is 3.20. The highest BCUT2D eigenvalue weighted by Crippen LogP contribution is 2.27. The van der Waals surface area contributed by atoms with Gasteiger partial charge in [-0.2, -0.15) is 11.8 Å². The molecule has 1 aliphatic rings. The normalized spacial score (nSPS) is 17.7. The quantitative estimate of drug-likeness (QED) is 0.747. The number of thioether (sulfide) groups is 2. The summed E-state index contributed by atoms with van der Waals surface area (Å²) in [5.74, 6) is 1.47. The van der Waals surface area contributed by atoms with E-state index in [1.165, 1.54) is 31.0 Å². The van der Waals surface area contributed by atoms with Crippen molar-refractivity contribution < 1.29 is 9.21 Å². The molecule has 0 bridgehead atoms. The van der Waals surface area contributed by atoms with Crippen LogP contribution in [0.1, 0.15) is 44.9 Å². The van der Waals surface area contributed by atoms with Crippen LogP contribution in [0.3, 0.4) is 0 Å². The first-order valence-corrected chi connectivity index (χ1v) is 9.63. The lowest BCUT2D eigenvalue weighted by molar-refractivity contribution is -0.131. The maximum atomic E-state index is 12.5. The number of nitrogens with zero attached hydrogens (tertiary/aromatic N) is 3. The van der Waals surface area contributed by atoms with Gasteiger partial charge in [0.2, 0.25) is 11.8 Å². The number of aromatic nitrogens is 2. The van der Waals surface area contributed by atoms with Crippen molar-refractivity contribution in [2.45, 2.75) is 61.3 Å². The molecule has 0 aromatic carbocycles. The van der Waals surface area contributed by atoms with E-state index in [9.17, 15) is 4.79 Å². The Hall–Kier alpha value is -0.690. The Labute approximate surface area is 134 Å². The minimum absolute atomic E-state index is 0.150. The van der Waals surface area contributed by atoms with Gasteiger partial charge in [-0.15, -0.1) is 10.2 Å². The summed E-state index contributed by atoms with van der Waals surface area (Å²) in [6, 6.07) is 0.393. The predicted molar refractivity (Wildman–Crippen MR) is 86.5 cm³/mol. The van der Waals surface area contributed by atoms with Crippen LogP contribution in [0.2, 0.25) is 0 Å². The Bertz CT molecular complexity index is 461. The Morgan fingerprint density at radius 3 is 2.76 bits per heavy atom. The summed E-state index contributed by atoms with van der Waals surface area (Å²) in [5.41, 5.74) is 0. The lowest BCUT2D eigenvalue weighted by atomic mass is 9.94. The van der Waals surface area contributed by atoms with Gasteiger partial charge in [-0.25, -0.2) is 0 Å². The average Bonchev–Trinajstić information content (AvgIpc) is 2.94. The molecule has 118 valence electrons. The van der Waals surface area contributed by atoms with Crippen LogP contribution >= 0.6 is 23.5 Å². The molecule has 0 N–H and O–H groups in total. The first kappa shape index (κ1) is 16.7. The second kappa shape index (κ2) is 8.08. The van der Waals surface area contributed by atoms with E-state index in [1.807, 2.05) is 25.1 Å². The van der Waals surface area contributed by atoms with Crippen LogP contribution in [-0.2, 0) is 10.5 Å². The molecule has 1 aromatic rings. The molecule has 1 heterocycles. The Kier molecular flexibility index (Phi) is 6.41. The molecule has 1 aliphatic carbocycles. The number of amides is 1. The topological polar surface area (TPSA) is 59.2 Å². The molecular weight excluding hydrogens is 306 g/mol. The van der Waals surface area contributed by atoms with Crippen molar-refractivity contribution in [3.8, 4) is 0 Å². The van der Waals surface area contributed by atoms with E-state index in [4.69, 9.17) is 4.42 Å². The summed E-state index contributed by atoms with van der Waals surface area (Å²) in [6.07, 6.45) is 7.98. The van der Waals surface area contributed by atoms with Crippen molar-refractivity contribution in [2.75, 3.05) is 13.3 Å². The number of carbonyl (C=O) groups is 1. The molecule has 1 atom stereocenters. The first-order valence-electron chi connectivity index (χ1n) is 7.36. The molecule has 1 amide bonds. The second-order valence-electron chi connectivity index (χ2n) is 5.40. The fraction of sp³-hybridized carbons (Fsp3) is 0.786. The number of rotatable bonds is 6. The number of hydrogen-bond acceptors (Lipinski definition) is 6. The van der Waals surface area contributed by atoms with E-state index < -0.39 is 0 Å². The minimum atomic E-state index is -0.195. The van der Waals surface area contributed by atoms with Gasteiger partial charge < -0.3 is 9.32 Å². The molecule has 21 heavy (non-hydrogen) atoms. The molecule has 7 heteroatoms. The summed E-state index contributed by atoms with van der Waals surface area (Å²) in [7, 11) is 1.92. The van der Waals surface area contributed by atoms with E-state index in [2.05, 4.69) is 10.2 Å². The lowest BCUT2D eigenvalue weighted by Crippen LogP contribution is -2.42. The van der Waals surface area contributed by atoms with Crippen molar-refractivity contribution in [1.82, 2.24) is 15.1 Å². The van der Waals surface area contributed by atoms with Gasteiger partial charge in [0, 0.05) is 13.1 Å². The van der Waals surface area contributed by atoms with Crippen LogP contribution in [0.4, 0.5) is 0 Å². The van der Waals surface area contributed by atoms with Gasteiger partial charge in [0.05, 0.1) is 11.0 Å². The maximum Gasteiger partial charge on any atom is 0.277 e. The molecular formula is C14H23N3O2S2. The van der Waals surface area contributed by atoms with Crippen molar-refractivity contribution in [1.29, 1.82) is 0 Å². The van der Waals surface area contributed by atoms with Gasteiger partial charge in [-0.3, -0.25) is 4.79 Å².